The van der Waals surface area contributed by atoms with Crippen molar-refractivity contribution in [3.63, 3.8) is 0 Å². The average molecular weight is 363 g/mol. The van der Waals surface area contributed by atoms with Gasteiger partial charge in [0, 0.05) is 17.4 Å². The van der Waals surface area contributed by atoms with E-state index >= 15 is 0 Å². The van der Waals surface area contributed by atoms with E-state index < -0.39 is 8.32 Å². The molecule has 1 unspecified atom stereocenters. The highest BCUT2D eigenvalue weighted by molar-refractivity contribution is 6.74. The molecule has 0 radical (unpaired) electrons. The van der Waals surface area contributed by atoms with Crippen molar-refractivity contribution in [3.8, 4) is 0 Å². The minimum Gasteiger partial charge on any atom is -0.416 e. The third kappa shape index (κ3) is 2.73. The number of allylic oxidation sites excluding steroid dienone is 3. The Balaban J connectivity index is 1.98. The number of hydrogen-bond acceptors (Lipinski definition) is 2. The van der Waals surface area contributed by atoms with Gasteiger partial charge in [0.05, 0.1) is 6.10 Å². The molecule has 0 heterocycles. The first kappa shape index (κ1) is 19.4. The summed E-state index contributed by atoms with van der Waals surface area (Å²) in [6.07, 6.45) is 13.3. The number of rotatable bonds is 4. The fourth-order valence-electron chi connectivity index (χ4n) is 5.90. The zero-order chi connectivity index (χ0) is 18.5. The summed E-state index contributed by atoms with van der Waals surface area (Å²) in [7, 11) is -1.81. The summed E-state index contributed by atoms with van der Waals surface area (Å²) in [6, 6.07) is 0. The Hall–Kier alpha value is -0.383. The first-order valence-electron chi connectivity index (χ1n) is 10.2. The Morgan fingerprint density at radius 1 is 1.32 bits per heavy atom. The van der Waals surface area contributed by atoms with Crippen molar-refractivity contribution in [3.05, 3.63) is 24.8 Å². The Morgan fingerprint density at radius 2 is 2.04 bits per heavy atom. The first-order chi connectivity index (χ1) is 11.6. The van der Waals surface area contributed by atoms with Gasteiger partial charge in [0.1, 0.15) is 0 Å². The highest BCUT2D eigenvalue weighted by Gasteiger charge is 2.68. The molecule has 1 N–H and O–H groups in total. The van der Waals surface area contributed by atoms with Gasteiger partial charge in [-0.3, -0.25) is 0 Å². The van der Waals surface area contributed by atoms with Crippen molar-refractivity contribution in [2.45, 2.75) is 83.5 Å². The van der Waals surface area contributed by atoms with E-state index in [2.05, 4.69) is 58.7 Å². The Bertz CT molecular complexity index is 547. The summed E-state index contributed by atoms with van der Waals surface area (Å²) in [4.78, 5) is 0. The molecule has 0 amide bonds. The van der Waals surface area contributed by atoms with E-state index in [1.807, 2.05) is 0 Å². The third-order valence-corrected chi connectivity index (χ3v) is 12.8. The fraction of sp³-hybridized carbons (Fsp3) is 0.818. The van der Waals surface area contributed by atoms with E-state index in [1.165, 1.54) is 12.8 Å². The molecular weight excluding hydrogens is 324 g/mol. The molecular formula is C22H38O2Si. The summed E-state index contributed by atoms with van der Waals surface area (Å²) in [6.45, 7) is 16.6. The van der Waals surface area contributed by atoms with Crippen LogP contribution >= 0.6 is 0 Å². The molecule has 2 saturated carbocycles. The van der Waals surface area contributed by atoms with E-state index in [1.54, 1.807) is 0 Å². The Labute approximate surface area is 155 Å². The van der Waals surface area contributed by atoms with Crippen molar-refractivity contribution in [2.24, 2.45) is 22.7 Å². The van der Waals surface area contributed by atoms with Crippen molar-refractivity contribution in [2.75, 3.05) is 6.61 Å². The van der Waals surface area contributed by atoms with E-state index in [-0.39, 0.29) is 22.0 Å². The second-order valence-electron chi connectivity index (χ2n) is 10.3. The van der Waals surface area contributed by atoms with Crippen LogP contribution in [0, 0.1) is 22.7 Å². The third-order valence-electron chi connectivity index (χ3n) is 8.37. The summed E-state index contributed by atoms with van der Waals surface area (Å²) in [5, 5.41) is 11.5. The van der Waals surface area contributed by atoms with Crippen molar-refractivity contribution >= 4 is 8.32 Å². The predicted molar refractivity (Wildman–Crippen MR) is 108 cm³/mol. The largest absolute Gasteiger partial charge is 0.416 e. The van der Waals surface area contributed by atoms with Crippen LogP contribution in [0.3, 0.4) is 0 Å². The molecule has 0 aromatic rings. The van der Waals surface area contributed by atoms with Gasteiger partial charge in [-0.2, -0.15) is 0 Å². The van der Waals surface area contributed by atoms with Gasteiger partial charge in [0.2, 0.25) is 0 Å². The van der Waals surface area contributed by atoms with Crippen LogP contribution < -0.4 is 0 Å². The maximum atomic E-state index is 11.3. The van der Waals surface area contributed by atoms with Gasteiger partial charge in [-0.15, -0.1) is 6.58 Å². The molecule has 3 heteroatoms. The molecule has 0 aromatic heterocycles. The zero-order valence-corrected chi connectivity index (χ0v) is 18.0. The molecule has 142 valence electrons. The van der Waals surface area contributed by atoms with Gasteiger partial charge in [-0.05, 0) is 62.1 Å². The van der Waals surface area contributed by atoms with Crippen molar-refractivity contribution in [1.29, 1.82) is 0 Å². The average Bonchev–Trinajstić information content (AvgIpc) is 2.97. The van der Waals surface area contributed by atoms with Gasteiger partial charge in [0.25, 0.3) is 0 Å². The van der Waals surface area contributed by atoms with Crippen LogP contribution in [0.1, 0.15) is 59.3 Å². The Kier molecular flexibility index (Phi) is 4.92. The highest BCUT2D eigenvalue weighted by atomic mass is 28.4. The molecule has 0 aliphatic heterocycles. The van der Waals surface area contributed by atoms with Gasteiger partial charge in [0.15, 0.2) is 8.32 Å². The summed E-state index contributed by atoms with van der Waals surface area (Å²) in [5.41, 5.74) is 0.0737. The molecule has 3 aliphatic carbocycles. The lowest BCUT2D eigenvalue weighted by Gasteiger charge is -2.50. The predicted octanol–water partition coefficient (Wildman–Crippen LogP) is 5.70. The van der Waals surface area contributed by atoms with Crippen LogP contribution in [0.5, 0.6) is 0 Å². The fourth-order valence-corrected chi connectivity index (χ4v) is 6.95. The zero-order valence-electron chi connectivity index (χ0n) is 17.0. The van der Waals surface area contributed by atoms with Gasteiger partial charge >= 0.3 is 0 Å². The lowest BCUT2D eigenvalue weighted by atomic mass is 9.59. The minimum absolute atomic E-state index is 0.00121. The van der Waals surface area contributed by atoms with Crippen LogP contribution in [0.4, 0.5) is 0 Å². The lowest BCUT2D eigenvalue weighted by molar-refractivity contribution is -0.0842. The van der Waals surface area contributed by atoms with Crippen LogP contribution in [-0.4, -0.2) is 26.1 Å². The standard InChI is InChI=1S/C22H38O2Si/c1-7-17-15-18-11-8-9-12-19(23)22(18)14-10-13-21(17,22)16-24-25(5,6)20(2,3)4/h7-8,11,17-19,23H,1,9-10,12-16H2,2-6H3/t17-,18+,19-,21-,22?/m0/s1. The maximum Gasteiger partial charge on any atom is 0.192 e. The number of hydrogen-bond donors (Lipinski definition) is 1. The van der Waals surface area contributed by atoms with E-state index in [9.17, 15) is 5.11 Å². The van der Waals surface area contributed by atoms with Crippen molar-refractivity contribution < 1.29 is 9.53 Å². The topological polar surface area (TPSA) is 29.5 Å². The molecule has 2 fully saturated rings. The smallest absolute Gasteiger partial charge is 0.192 e. The van der Waals surface area contributed by atoms with Crippen LogP contribution in [0.25, 0.3) is 0 Å². The highest BCUT2D eigenvalue weighted by Crippen LogP contribution is 2.71. The monoisotopic (exact) mass is 362 g/mol. The van der Waals surface area contributed by atoms with E-state index in [0.717, 1.165) is 32.3 Å². The molecule has 0 aromatic carbocycles. The molecule has 0 bridgehead atoms. The van der Waals surface area contributed by atoms with Crippen LogP contribution in [-0.2, 0) is 4.43 Å². The molecule has 25 heavy (non-hydrogen) atoms. The van der Waals surface area contributed by atoms with Crippen molar-refractivity contribution in [1.82, 2.24) is 0 Å². The summed E-state index contributed by atoms with van der Waals surface area (Å²) in [5.74, 6) is 0.945. The first-order valence-corrected chi connectivity index (χ1v) is 13.1. The van der Waals surface area contributed by atoms with Crippen LogP contribution in [0.15, 0.2) is 24.8 Å². The van der Waals surface area contributed by atoms with Gasteiger partial charge < -0.3 is 9.53 Å². The maximum absolute atomic E-state index is 11.3. The molecule has 2 nitrogen and oxygen atoms in total. The minimum atomic E-state index is -1.81. The molecule has 3 aliphatic rings. The second kappa shape index (κ2) is 6.35. The number of aliphatic hydroxyl groups excluding tert-OH is 1. The lowest BCUT2D eigenvalue weighted by Crippen LogP contribution is -2.52. The van der Waals surface area contributed by atoms with E-state index in [4.69, 9.17) is 4.43 Å². The summed E-state index contributed by atoms with van der Waals surface area (Å²) >= 11 is 0. The van der Waals surface area contributed by atoms with E-state index in [0.29, 0.717) is 11.8 Å². The Morgan fingerprint density at radius 3 is 2.68 bits per heavy atom. The number of aliphatic hydroxyl groups is 1. The van der Waals surface area contributed by atoms with Gasteiger partial charge in [-0.25, -0.2) is 0 Å². The SMILES string of the molecule is C=C[C@H]1C[C@H]2C=CCC[C@H](O)C23CCC[C@]13CO[Si](C)(C)C(C)(C)C. The summed E-state index contributed by atoms with van der Waals surface area (Å²) < 4.78 is 6.80. The van der Waals surface area contributed by atoms with Crippen LogP contribution in [0.2, 0.25) is 18.1 Å². The molecule has 0 saturated heterocycles. The quantitative estimate of drug-likeness (QED) is 0.513. The molecule has 3 rings (SSSR count). The second-order valence-corrected chi connectivity index (χ2v) is 15.1. The molecule has 1 spiro atoms. The van der Waals surface area contributed by atoms with Gasteiger partial charge in [-0.1, -0.05) is 45.4 Å². The normalized spacial score (nSPS) is 41.3. The molecule has 5 atom stereocenters.